The summed E-state index contributed by atoms with van der Waals surface area (Å²) >= 11 is 6.15. The van der Waals surface area contributed by atoms with Gasteiger partial charge < -0.3 is 10.1 Å². The second kappa shape index (κ2) is 9.05. The van der Waals surface area contributed by atoms with E-state index in [9.17, 15) is 13.2 Å². The van der Waals surface area contributed by atoms with Crippen molar-refractivity contribution in [1.29, 1.82) is 0 Å². The number of carbonyl (C=O) groups excluding carboxylic acids is 1. The zero-order chi connectivity index (χ0) is 20.1. The van der Waals surface area contributed by atoms with Crippen LogP contribution >= 0.6 is 11.6 Å². The Morgan fingerprint density at radius 3 is 2.54 bits per heavy atom. The topological polar surface area (TPSA) is 75.7 Å². The quantitative estimate of drug-likeness (QED) is 0.773. The van der Waals surface area contributed by atoms with Gasteiger partial charge in [0.2, 0.25) is 15.9 Å². The smallest absolute Gasteiger partial charge is 0.244 e. The third-order valence-electron chi connectivity index (χ3n) is 4.66. The minimum atomic E-state index is -3.75. The predicted molar refractivity (Wildman–Crippen MR) is 109 cm³/mol. The molecule has 1 aliphatic heterocycles. The van der Waals surface area contributed by atoms with Crippen LogP contribution in [0.2, 0.25) is 5.02 Å². The highest BCUT2D eigenvalue weighted by atomic mass is 35.5. The van der Waals surface area contributed by atoms with Gasteiger partial charge in [-0.3, -0.25) is 4.79 Å². The molecule has 1 fully saturated rings. The second-order valence-corrected chi connectivity index (χ2v) is 9.04. The summed E-state index contributed by atoms with van der Waals surface area (Å²) in [6, 6.07) is 14.3. The lowest BCUT2D eigenvalue weighted by Gasteiger charge is -2.26. The van der Waals surface area contributed by atoms with E-state index in [4.69, 9.17) is 16.3 Å². The average Bonchev–Trinajstić information content (AvgIpc) is 2.70. The number of nitrogens with zero attached hydrogens (tertiary/aromatic N) is 1. The third kappa shape index (κ3) is 4.91. The number of nitrogens with one attached hydrogen (secondary N) is 1. The van der Waals surface area contributed by atoms with Crippen LogP contribution in [0.1, 0.15) is 24.8 Å². The molecule has 1 saturated heterocycles. The van der Waals surface area contributed by atoms with Gasteiger partial charge in [0, 0.05) is 25.2 Å². The number of hydrogen-bond acceptors (Lipinski definition) is 4. The molecule has 1 heterocycles. The molecule has 0 aromatic heterocycles. The number of halogens is 1. The van der Waals surface area contributed by atoms with E-state index in [0.29, 0.717) is 18.9 Å². The van der Waals surface area contributed by atoms with Gasteiger partial charge in [-0.05, 0) is 29.7 Å². The van der Waals surface area contributed by atoms with Crippen molar-refractivity contribution in [3.8, 4) is 0 Å². The van der Waals surface area contributed by atoms with Gasteiger partial charge in [0.25, 0.3) is 0 Å². The number of benzene rings is 2. The van der Waals surface area contributed by atoms with E-state index in [1.54, 1.807) is 6.07 Å². The summed E-state index contributed by atoms with van der Waals surface area (Å²) in [5.41, 5.74) is 1.48. The van der Waals surface area contributed by atoms with Crippen LogP contribution in [0.3, 0.4) is 0 Å². The third-order valence-corrected chi connectivity index (χ3v) is 7.04. The van der Waals surface area contributed by atoms with Crippen molar-refractivity contribution in [1.82, 2.24) is 4.31 Å². The molecule has 150 valence electrons. The summed E-state index contributed by atoms with van der Waals surface area (Å²) in [5, 5.41) is 2.91. The highest BCUT2D eigenvalue weighted by Crippen LogP contribution is 2.29. The van der Waals surface area contributed by atoms with Crippen LogP contribution in [0.15, 0.2) is 53.4 Å². The molecule has 3 rings (SSSR count). The lowest BCUT2D eigenvalue weighted by molar-refractivity contribution is -0.116. The molecule has 0 unspecified atom stereocenters. The fourth-order valence-electron chi connectivity index (χ4n) is 3.09. The van der Waals surface area contributed by atoms with Crippen LogP contribution in [-0.4, -0.2) is 44.9 Å². The van der Waals surface area contributed by atoms with E-state index in [1.807, 2.05) is 37.3 Å². The Kier molecular flexibility index (Phi) is 6.72. The van der Waals surface area contributed by atoms with Crippen LogP contribution in [-0.2, 0) is 19.6 Å². The van der Waals surface area contributed by atoms with Gasteiger partial charge in [-0.15, -0.1) is 0 Å². The maximum Gasteiger partial charge on any atom is 0.244 e. The average molecular weight is 423 g/mol. The van der Waals surface area contributed by atoms with Crippen LogP contribution < -0.4 is 5.32 Å². The van der Waals surface area contributed by atoms with Crippen molar-refractivity contribution in [2.45, 2.75) is 24.2 Å². The van der Waals surface area contributed by atoms with Crippen molar-refractivity contribution >= 4 is 33.2 Å². The molecule has 6 nitrogen and oxygen atoms in total. The summed E-state index contributed by atoms with van der Waals surface area (Å²) in [5.74, 6) is -0.140. The fraction of sp³-hybridized carbons (Fsp3) is 0.350. The lowest BCUT2D eigenvalue weighted by atomic mass is 9.97. The van der Waals surface area contributed by atoms with Crippen molar-refractivity contribution < 1.29 is 17.9 Å². The predicted octanol–water partition coefficient (Wildman–Crippen LogP) is 3.49. The van der Waals surface area contributed by atoms with Crippen LogP contribution in [0, 0.1) is 0 Å². The number of sulfonamides is 1. The number of rotatable bonds is 6. The molecule has 0 spiro atoms. The van der Waals surface area contributed by atoms with Crippen molar-refractivity contribution in [2.75, 3.05) is 31.6 Å². The van der Waals surface area contributed by atoms with Crippen molar-refractivity contribution in [3.63, 3.8) is 0 Å². The molecule has 2 aromatic rings. The highest BCUT2D eigenvalue weighted by Gasteiger charge is 2.28. The van der Waals surface area contributed by atoms with Crippen LogP contribution in [0.4, 0.5) is 5.69 Å². The zero-order valence-corrected chi connectivity index (χ0v) is 17.2. The maximum absolute atomic E-state index is 12.9. The number of amides is 1. The summed E-state index contributed by atoms with van der Waals surface area (Å²) in [4.78, 5) is 12.4. The standard InChI is InChI=1S/C20H23ClN2O4S/c1-15(16-5-3-2-4-6-16)13-20(24)22-17-7-8-18(21)19(14-17)28(25,26)23-9-11-27-12-10-23/h2-8,14-15H,9-13H2,1H3,(H,22,24)/t15-/m1/s1. The summed E-state index contributed by atoms with van der Waals surface area (Å²) < 4.78 is 32.3. The number of ether oxygens (including phenoxy) is 1. The van der Waals surface area contributed by atoms with E-state index in [-0.39, 0.29) is 41.3 Å². The first-order valence-electron chi connectivity index (χ1n) is 9.10. The first-order valence-corrected chi connectivity index (χ1v) is 10.9. The minimum Gasteiger partial charge on any atom is -0.379 e. The van der Waals surface area contributed by atoms with E-state index in [0.717, 1.165) is 5.56 Å². The Balaban J connectivity index is 1.73. The normalized spacial score (nSPS) is 16.5. The fourth-order valence-corrected chi connectivity index (χ4v) is 5.00. The minimum absolute atomic E-state index is 0.00928. The molecule has 0 saturated carbocycles. The molecule has 8 heteroatoms. The number of hydrogen-bond donors (Lipinski definition) is 1. The Labute approximate surface area is 170 Å². The first kappa shape index (κ1) is 20.8. The van der Waals surface area contributed by atoms with Gasteiger partial charge in [0.05, 0.1) is 18.2 Å². The van der Waals surface area contributed by atoms with E-state index < -0.39 is 10.0 Å². The largest absolute Gasteiger partial charge is 0.379 e. The summed E-state index contributed by atoms with van der Waals surface area (Å²) in [6.07, 6.45) is 0.290. The molecule has 28 heavy (non-hydrogen) atoms. The molecule has 0 radical (unpaired) electrons. The SMILES string of the molecule is C[C@H](CC(=O)Nc1ccc(Cl)c(S(=O)(=O)N2CCOCC2)c1)c1ccccc1. The Bertz CT molecular complexity index is 928. The summed E-state index contributed by atoms with van der Waals surface area (Å²) in [7, 11) is -3.75. The Hall–Kier alpha value is -1.93. The van der Waals surface area contributed by atoms with Crippen molar-refractivity contribution in [3.05, 3.63) is 59.1 Å². The molecule has 2 aromatic carbocycles. The number of anilines is 1. The molecular weight excluding hydrogens is 400 g/mol. The van der Waals surface area contributed by atoms with Gasteiger partial charge in [0.15, 0.2) is 0 Å². The van der Waals surface area contributed by atoms with Crippen molar-refractivity contribution in [2.24, 2.45) is 0 Å². The number of carbonyl (C=O) groups is 1. The van der Waals surface area contributed by atoms with Gasteiger partial charge in [0.1, 0.15) is 4.90 Å². The van der Waals surface area contributed by atoms with Gasteiger partial charge in [-0.2, -0.15) is 4.31 Å². The van der Waals surface area contributed by atoms with Crippen LogP contribution in [0.5, 0.6) is 0 Å². The van der Waals surface area contributed by atoms with Gasteiger partial charge in [-0.1, -0.05) is 48.9 Å². The molecule has 0 aliphatic carbocycles. The molecule has 0 bridgehead atoms. The molecule has 1 aliphatic rings. The summed E-state index contributed by atoms with van der Waals surface area (Å²) in [6.45, 7) is 3.24. The molecule has 1 atom stereocenters. The van der Waals surface area contributed by atoms with E-state index in [2.05, 4.69) is 5.32 Å². The molecule has 1 N–H and O–H groups in total. The van der Waals surface area contributed by atoms with Gasteiger partial charge in [-0.25, -0.2) is 8.42 Å². The zero-order valence-electron chi connectivity index (χ0n) is 15.6. The van der Waals surface area contributed by atoms with E-state index >= 15 is 0 Å². The maximum atomic E-state index is 12.9. The lowest BCUT2D eigenvalue weighted by Crippen LogP contribution is -2.40. The first-order chi connectivity index (χ1) is 13.4. The molecular formula is C20H23ClN2O4S. The molecule has 1 amide bonds. The monoisotopic (exact) mass is 422 g/mol. The van der Waals surface area contributed by atoms with E-state index in [1.165, 1.54) is 16.4 Å². The Morgan fingerprint density at radius 2 is 1.86 bits per heavy atom. The van der Waals surface area contributed by atoms with Crippen LogP contribution in [0.25, 0.3) is 0 Å². The second-order valence-electron chi connectivity index (χ2n) is 6.73. The van der Waals surface area contributed by atoms with Gasteiger partial charge >= 0.3 is 0 Å². The number of morpholine rings is 1. The highest BCUT2D eigenvalue weighted by molar-refractivity contribution is 7.89. The Morgan fingerprint density at radius 1 is 1.18 bits per heavy atom.